The number of amides is 1. The molecule has 0 aliphatic rings. The molecular formula is C17H17Cl2NO2. The Morgan fingerprint density at radius 3 is 2.45 bits per heavy atom. The summed E-state index contributed by atoms with van der Waals surface area (Å²) in [5.41, 5.74) is 2.80. The Kier molecular flexibility index (Phi) is 5.33. The van der Waals surface area contributed by atoms with Gasteiger partial charge in [-0.15, -0.1) is 0 Å². The molecule has 0 aliphatic carbocycles. The first-order valence-corrected chi connectivity index (χ1v) is 7.62. The Labute approximate surface area is 140 Å². The molecule has 0 radical (unpaired) electrons. The minimum absolute atomic E-state index is 0.276. The van der Waals surface area contributed by atoms with Crippen molar-refractivity contribution >= 4 is 34.8 Å². The van der Waals surface area contributed by atoms with Crippen molar-refractivity contribution in [2.24, 2.45) is 0 Å². The van der Waals surface area contributed by atoms with Crippen molar-refractivity contribution in [3.05, 3.63) is 57.6 Å². The fraction of sp³-hybridized carbons (Fsp3) is 0.235. The smallest absolute Gasteiger partial charge is 0.265 e. The quantitative estimate of drug-likeness (QED) is 0.850. The number of rotatable bonds is 4. The first-order valence-electron chi connectivity index (χ1n) is 6.86. The van der Waals surface area contributed by atoms with Gasteiger partial charge in [-0.1, -0.05) is 29.3 Å². The molecular weight excluding hydrogens is 321 g/mol. The van der Waals surface area contributed by atoms with Crippen molar-refractivity contribution in [3.63, 3.8) is 0 Å². The van der Waals surface area contributed by atoms with Crippen LogP contribution in [0.2, 0.25) is 10.0 Å². The van der Waals surface area contributed by atoms with E-state index in [0.29, 0.717) is 21.5 Å². The summed E-state index contributed by atoms with van der Waals surface area (Å²) in [5.74, 6) is 0.385. The number of carbonyl (C=O) groups excluding carboxylic acids is 1. The van der Waals surface area contributed by atoms with E-state index >= 15 is 0 Å². The topological polar surface area (TPSA) is 38.3 Å². The molecule has 2 rings (SSSR count). The van der Waals surface area contributed by atoms with Crippen molar-refractivity contribution in [1.29, 1.82) is 0 Å². The highest BCUT2D eigenvalue weighted by molar-refractivity contribution is 6.36. The van der Waals surface area contributed by atoms with Crippen LogP contribution < -0.4 is 10.1 Å². The summed E-state index contributed by atoms with van der Waals surface area (Å²) >= 11 is 11.9. The number of anilines is 1. The summed E-state index contributed by atoms with van der Waals surface area (Å²) in [4.78, 5) is 12.2. The number of halogens is 2. The Morgan fingerprint density at radius 2 is 1.82 bits per heavy atom. The summed E-state index contributed by atoms with van der Waals surface area (Å²) in [7, 11) is 0. The lowest BCUT2D eigenvalue weighted by atomic mass is 10.1. The van der Waals surface area contributed by atoms with Gasteiger partial charge in [-0.05, 0) is 62.2 Å². The minimum Gasteiger partial charge on any atom is -0.481 e. The van der Waals surface area contributed by atoms with Gasteiger partial charge in [0.2, 0.25) is 0 Å². The van der Waals surface area contributed by atoms with Crippen molar-refractivity contribution in [2.45, 2.75) is 26.9 Å². The Morgan fingerprint density at radius 1 is 1.09 bits per heavy atom. The molecule has 22 heavy (non-hydrogen) atoms. The molecule has 5 heteroatoms. The van der Waals surface area contributed by atoms with E-state index in [4.69, 9.17) is 27.9 Å². The van der Waals surface area contributed by atoms with Gasteiger partial charge in [0.05, 0.1) is 10.7 Å². The van der Waals surface area contributed by atoms with E-state index in [0.717, 1.165) is 5.56 Å². The lowest BCUT2D eigenvalue weighted by Gasteiger charge is -2.16. The average Bonchev–Trinajstić information content (AvgIpc) is 2.45. The second-order valence-corrected chi connectivity index (χ2v) is 5.96. The van der Waals surface area contributed by atoms with Crippen LogP contribution >= 0.6 is 23.2 Å². The SMILES string of the molecule is Cc1ccc(OC(C)C(=O)Nc2ccc(Cl)cc2Cl)cc1C. The lowest BCUT2D eigenvalue weighted by Crippen LogP contribution is -2.30. The highest BCUT2D eigenvalue weighted by Crippen LogP contribution is 2.25. The summed E-state index contributed by atoms with van der Waals surface area (Å²) < 4.78 is 5.67. The van der Waals surface area contributed by atoms with E-state index in [9.17, 15) is 4.79 Å². The highest BCUT2D eigenvalue weighted by Gasteiger charge is 2.16. The maximum Gasteiger partial charge on any atom is 0.265 e. The van der Waals surface area contributed by atoms with Gasteiger partial charge in [0, 0.05) is 5.02 Å². The van der Waals surface area contributed by atoms with Crippen molar-refractivity contribution in [1.82, 2.24) is 0 Å². The van der Waals surface area contributed by atoms with Crippen LogP contribution in [-0.4, -0.2) is 12.0 Å². The van der Waals surface area contributed by atoms with Gasteiger partial charge in [-0.3, -0.25) is 4.79 Å². The standard InChI is InChI=1S/C17H17Cl2NO2/c1-10-4-6-14(8-11(10)2)22-12(3)17(21)20-16-7-5-13(18)9-15(16)19/h4-9,12H,1-3H3,(H,20,21). The zero-order chi connectivity index (χ0) is 16.3. The molecule has 2 aromatic carbocycles. The maximum absolute atomic E-state index is 12.2. The van der Waals surface area contributed by atoms with Gasteiger partial charge in [-0.25, -0.2) is 0 Å². The molecule has 1 amide bonds. The van der Waals surface area contributed by atoms with E-state index in [-0.39, 0.29) is 5.91 Å². The first kappa shape index (κ1) is 16.7. The van der Waals surface area contributed by atoms with Crippen molar-refractivity contribution < 1.29 is 9.53 Å². The molecule has 2 aromatic rings. The Balaban J connectivity index is 2.04. The third-order valence-corrected chi connectivity index (χ3v) is 3.90. The maximum atomic E-state index is 12.2. The van der Waals surface area contributed by atoms with Gasteiger partial charge >= 0.3 is 0 Å². The van der Waals surface area contributed by atoms with Gasteiger partial charge in [0.1, 0.15) is 5.75 Å². The predicted octanol–water partition coefficient (Wildman–Crippen LogP) is 5.02. The predicted molar refractivity (Wildman–Crippen MR) is 91.1 cm³/mol. The van der Waals surface area contributed by atoms with Crippen molar-refractivity contribution in [2.75, 3.05) is 5.32 Å². The summed E-state index contributed by atoms with van der Waals surface area (Å²) in [6.07, 6.45) is -0.645. The molecule has 3 nitrogen and oxygen atoms in total. The fourth-order valence-electron chi connectivity index (χ4n) is 1.87. The second kappa shape index (κ2) is 7.03. The van der Waals surface area contributed by atoms with E-state index in [1.165, 1.54) is 5.56 Å². The normalized spacial score (nSPS) is 11.9. The van der Waals surface area contributed by atoms with Gasteiger partial charge in [-0.2, -0.15) is 0 Å². The molecule has 1 unspecified atom stereocenters. The molecule has 0 heterocycles. The number of hydrogen-bond acceptors (Lipinski definition) is 2. The third kappa shape index (κ3) is 4.15. The number of benzene rings is 2. The van der Waals surface area contributed by atoms with E-state index in [1.807, 2.05) is 32.0 Å². The molecule has 0 aromatic heterocycles. The van der Waals surface area contributed by atoms with Gasteiger partial charge in [0.25, 0.3) is 5.91 Å². The first-order chi connectivity index (χ1) is 10.4. The van der Waals surface area contributed by atoms with E-state index in [2.05, 4.69) is 5.32 Å². The fourth-order valence-corrected chi connectivity index (χ4v) is 2.33. The average molecular weight is 338 g/mol. The van der Waals surface area contributed by atoms with Crippen LogP contribution in [0.4, 0.5) is 5.69 Å². The molecule has 116 valence electrons. The summed E-state index contributed by atoms with van der Waals surface area (Å²) in [6.45, 7) is 5.71. The monoisotopic (exact) mass is 337 g/mol. The molecule has 0 bridgehead atoms. The number of carbonyl (C=O) groups is 1. The van der Waals surface area contributed by atoms with Crippen LogP contribution in [0.5, 0.6) is 5.75 Å². The van der Waals surface area contributed by atoms with Crippen LogP contribution in [0, 0.1) is 13.8 Å². The minimum atomic E-state index is -0.645. The zero-order valence-electron chi connectivity index (χ0n) is 12.6. The molecule has 0 spiro atoms. The third-order valence-electron chi connectivity index (χ3n) is 3.35. The summed E-state index contributed by atoms with van der Waals surface area (Å²) in [5, 5.41) is 3.63. The Bertz CT molecular complexity index is 701. The van der Waals surface area contributed by atoms with Crippen LogP contribution in [-0.2, 0) is 4.79 Å². The number of ether oxygens (including phenoxy) is 1. The van der Waals surface area contributed by atoms with Gasteiger partial charge in [0.15, 0.2) is 6.10 Å². The zero-order valence-corrected chi connectivity index (χ0v) is 14.1. The van der Waals surface area contributed by atoms with Crippen LogP contribution in [0.15, 0.2) is 36.4 Å². The summed E-state index contributed by atoms with van der Waals surface area (Å²) in [6, 6.07) is 10.6. The number of hydrogen-bond donors (Lipinski definition) is 1. The molecule has 0 saturated heterocycles. The highest BCUT2D eigenvalue weighted by atomic mass is 35.5. The van der Waals surface area contributed by atoms with Gasteiger partial charge < -0.3 is 10.1 Å². The van der Waals surface area contributed by atoms with E-state index in [1.54, 1.807) is 25.1 Å². The number of nitrogens with one attached hydrogen (secondary N) is 1. The second-order valence-electron chi connectivity index (χ2n) is 5.12. The largest absolute Gasteiger partial charge is 0.481 e. The van der Waals surface area contributed by atoms with Crippen LogP contribution in [0.3, 0.4) is 0 Å². The Hall–Kier alpha value is -1.71. The van der Waals surface area contributed by atoms with E-state index < -0.39 is 6.10 Å². The van der Waals surface area contributed by atoms with Crippen LogP contribution in [0.25, 0.3) is 0 Å². The molecule has 1 atom stereocenters. The molecule has 1 N–H and O–H groups in total. The van der Waals surface area contributed by atoms with Crippen LogP contribution in [0.1, 0.15) is 18.1 Å². The molecule has 0 fully saturated rings. The molecule has 0 saturated carbocycles. The lowest BCUT2D eigenvalue weighted by molar-refractivity contribution is -0.122. The van der Waals surface area contributed by atoms with Crippen molar-refractivity contribution in [3.8, 4) is 5.75 Å². The molecule has 0 aliphatic heterocycles. The number of aryl methyl sites for hydroxylation is 2.